The fraction of sp³-hybridized carbons (Fsp3) is 0.333. The molecule has 0 aliphatic rings. The molecule has 0 bridgehead atoms. The van der Waals surface area contributed by atoms with E-state index in [1.54, 1.807) is 24.3 Å². The van der Waals surface area contributed by atoms with Crippen molar-refractivity contribution in [1.82, 2.24) is 15.4 Å². The van der Waals surface area contributed by atoms with Gasteiger partial charge in [-0.25, -0.2) is 0 Å². The monoisotopic (exact) mass is 446 g/mol. The van der Waals surface area contributed by atoms with Gasteiger partial charge in [0, 0.05) is 11.6 Å². The molecule has 2 aromatic heterocycles. The third-order valence-corrected chi connectivity index (χ3v) is 4.68. The largest absolute Gasteiger partial charge is 0.490 e. The molecule has 0 saturated heterocycles. The predicted molar refractivity (Wildman–Crippen MR) is 114 cm³/mol. The van der Waals surface area contributed by atoms with Crippen LogP contribution in [0.3, 0.4) is 0 Å². The Bertz CT molecular complexity index is 1020. The average molecular weight is 447 g/mol. The number of aromatic nitrogens is 3. The van der Waals surface area contributed by atoms with Crippen molar-refractivity contribution in [2.45, 2.75) is 19.8 Å². The van der Waals surface area contributed by atoms with Gasteiger partial charge >= 0.3 is 5.97 Å². The van der Waals surface area contributed by atoms with Crippen molar-refractivity contribution in [2.24, 2.45) is 5.92 Å². The summed E-state index contributed by atoms with van der Waals surface area (Å²) in [4.78, 5) is 11.9. The van der Waals surface area contributed by atoms with Gasteiger partial charge in [0.2, 0.25) is 0 Å². The molecule has 3 aromatic rings. The minimum absolute atomic E-state index is 0.00568. The van der Waals surface area contributed by atoms with Crippen molar-refractivity contribution < 1.29 is 23.5 Å². The lowest BCUT2D eigenvalue weighted by Crippen LogP contribution is -2.19. The number of hydrogen-bond acceptors (Lipinski definition) is 9. The molecule has 0 aliphatic carbocycles. The Kier molecular flexibility index (Phi) is 7.30. The summed E-state index contributed by atoms with van der Waals surface area (Å²) in [5, 5.41) is 11.6. The number of nitrogen functional groups attached to an aromatic ring is 1. The van der Waals surface area contributed by atoms with E-state index in [0.717, 1.165) is 5.56 Å². The first-order valence-corrected chi connectivity index (χ1v) is 9.96. The molecule has 2 heterocycles. The fourth-order valence-corrected chi connectivity index (χ4v) is 3.12. The summed E-state index contributed by atoms with van der Waals surface area (Å²) in [6.07, 6.45) is 0. The topological polar surface area (TPSA) is 123 Å². The van der Waals surface area contributed by atoms with E-state index >= 15 is 0 Å². The number of anilines is 1. The Labute approximate surface area is 184 Å². The number of rotatable bonds is 9. The van der Waals surface area contributed by atoms with Crippen LogP contribution in [0.15, 0.2) is 40.9 Å². The summed E-state index contributed by atoms with van der Waals surface area (Å²) in [5.41, 5.74) is 7.40. The number of halogens is 1. The molecule has 0 radical (unpaired) electrons. The van der Waals surface area contributed by atoms with Crippen LogP contribution in [0.2, 0.25) is 5.15 Å². The number of nitrogens with two attached hydrogens (primary N) is 1. The third-order valence-electron chi connectivity index (χ3n) is 4.50. The molecule has 0 spiro atoms. The summed E-state index contributed by atoms with van der Waals surface area (Å²) in [5.74, 6) is 0.712. The number of carbonyl (C=O) groups excluding carboxylic acids is 1. The number of esters is 1. The quantitative estimate of drug-likeness (QED) is 0.386. The van der Waals surface area contributed by atoms with Crippen LogP contribution in [0.5, 0.6) is 11.6 Å². The number of ether oxygens (including phenoxy) is 3. The number of methoxy groups -OCH3 is 1. The van der Waals surface area contributed by atoms with Crippen molar-refractivity contribution >= 4 is 23.4 Å². The van der Waals surface area contributed by atoms with E-state index < -0.39 is 5.92 Å². The van der Waals surface area contributed by atoms with Crippen molar-refractivity contribution in [3.63, 3.8) is 0 Å². The van der Waals surface area contributed by atoms with Crippen LogP contribution >= 0.6 is 11.6 Å². The highest BCUT2D eigenvalue weighted by molar-refractivity contribution is 6.29. The highest BCUT2D eigenvalue weighted by Gasteiger charge is 2.29. The molecule has 10 heteroatoms. The van der Waals surface area contributed by atoms with Crippen LogP contribution in [0.25, 0.3) is 11.1 Å². The third kappa shape index (κ3) is 5.64. The van der Waals surface area contributed by atoms with Crippen LogP contribution in [0.1, 0.15) is 25.5 Å². The Morgan fingerprint density at radius 2 is 1.84 bits per heavy atom. The Morgan fingerprint density at radius 1 is 1.13 bits per heavy atom. The van der Waals surface area contributed by atoms with Crippen LogP contribution in [0.4, 0.5) is 5.82 Å². The molecular weight excluding hydrogens is 424 g/mol. The lowest BCUT2D eigenvalue weighted by molar-refractivity contribution is -0.144. The zero-order valence-electron chi connectivity index (χ0n) is 17.4. The standard InChI is InChI=1S/C21H23ClN4O5/c1-12(2)19(21(27)28-3)16-11-18(26-31-16)30-9-8-29-14-6-4-13(5-7-14)15-10-17(22)24-25-20(15)23/h4-7,10-12,19H,8-9H2,1-3H3,(H2,23,25). The van der Waals surface area contributed by atoms with Gasteiger partial charge in [0.15, 0.2) is 16.7 Å². The maximum absolute atomic E-state index is 11.9. The molecule has 2 N–H and O–H groups in total. The predicted octanol–water partition coefficient (Wildman–Crippen LogP) is 3.74. The molecule has 0 fully saturated rings. The molecule has 164 valence electrons. The van der Waals surface area contributed by atoms with E-state index in [4.69, 9.17) is 36.1 Å². The summed E-state index contributed by atoms with van der Waals surface area (Å²) < 4.78 is 21.3. The van der Waals surface area contributed by atoms with Gasteiger partial charge in [-0.15, -0.1) is 10.2 Å². The van der Waals surface area contributed by atoms with Gasteiger partial charge in [0.25, 0.3) is 5.88 Å². The van der Waals surface area contributed by atoms with Gasteiger partial charge < -0.3 is 24.5 Å². The van der Waals surface area contributed by atoms with E-state index in [2.05, 4.69) is 15.4 Å². The average Bonchev–Trinajstić information content (AvgIpc) is 3.21. The SMILES string of the molecule is COC(=O)C(c1cc(OCCOc2ccc(-c3cc(Cl)nnc3N)cc2)no1)C(C)C. The first-order valence-electron chi connectivity index (χ1n) is 9.58. The summed E-state index contributed by atoms with van der Waals surface area (Å²) >= 11 is 5.89. The molecule has 9 nitrogen and oxygen atoms in total. The van der Waals surface area contributed by atoms with Gasteiger partial charge in [0.1, 0.15) is 24.9 Å². The second-order valence-corrected chi connectivity index (χ2v) is 7.39. The second-order valence-electron chi connectivity index (χ2n) is 7.00. The lowest BCUT2D eigenvalue weighted by Gasteiger charge is -2.14. The fourth-order valence-electron chi connectivity index (χ4n) is 2.98. The first kappa shape index (κ1) is 22.4. The normalized spacial score (nSPS) is 11.9. The van der Waals surface area contributed by atoms with Gasteiger partial charge in [0.05, 0.1) is 7.11 Å². The Balaban J connectivity index is 1.52. The number of nitrogens with zero attached hydrogens (tertiary/aromatic N) is 3. The second kappa shape index (κ2) is 10.1. The molecule has 1 unspecified atom stereocenters. The van der Waals surface area contributed by atoms with Crippen LogP contribution in [-0.4, -0.2) is 41.6 Å². The van der Waals surface area contributed by atoms with Crippen LogP contribution < -0.4 is 15.2 Å². The number of carbonyl (C=O) groups is 1. The Morgan fingerprint density at radius 3 is 2.52 bits per heavy atom. The van der Waals surface area contributed by atoms with E-state index in [0.29, 0.717) is 22.9 Å². The van der Waals surface area contributed by atoms with Crippen LogP contribution in [-0.2, 0) is 9.53 Å². The summed E-state index contributed by atoms with van der Waals surface area (Å²) in [6.45, 7) is 4.34. The minimum Gasteiger partial charge on any atom is -0.490 e. The zero-order valence-corrected chi connectivity index (χ0v) is 18.1. The maximum Gasteiger partial charge on any atom is 0.316 e. The molecule has 3 rings (SSSR count). The van der Waals surface area contributed by atoms with Gasteiger partial charge in [-0.05, 0) is 34.8 Å². The lowest BCUT2D eigenvalue weighted by atomic mass is 9.93. The highest BCUT2D eigenvalue weighted by atomic mass is 35.5. The molecular formula is C21H23ClN4O5. The molecule has 1 atom stereocenters. The molecule has 0 saturated carbocycles. The number of benzene rings is 1. The van der Waals surface area contributed by atoms with Crippen LogP contribution in [0, 0.1) is 5.92 Å². The molecule has 0 amide bonds. The van der Waals surface area contributed by atoms with Gasteiger partial charge in [-0.1, -0.05) is 37.6 Å². The van der Waals surface area contributed by atoms with Crippen molar-refractivity contribution in [2.75, 3.05) is 26.1 Å². The first-order chi connectivity index (χ1) is 14.9. The number of hydrogen-bond donors (Lipinski definition) is 1. The van der Waals surface area contributed by atoms with E-state index in [1.807, 2.05) is 26.0 Å². The Hall–Kier alpha value is -3.33. The molecule has 1 aromatic carbocycles. The highest BCUT2D eigenvalue weighted by Crippen LogP contribution is 2.29. The maximum atomic E-state index is 11.9. The van der Waals surface area contributed by atoms with Crippen molar-refractivity contribution in [3.05, 3.63) is 47.3 Å². The van der Waals surface area contributed by atoms with Crippen molar-refractivity contribution in [3.8, 4) is 22.8 Å². The van der Waals surface area contributed by atoms with E-state index in [-0.39, 0.29) is 36.1 Å². The van der Waals surface area contributed by atoms with Gasteiger partial charge in [-0.2, -0.15) is 0 Å². The molecule has 31 heavy (non-hydrogen) atoms. The van der Waals surface area contributed by atoms with Gasteiger partial charge in [-0.3, -0.25) is 4.79 Å². The van der Waals surface area contributed by atoms with E-state index in [1.165, 1.54) is 7.11 Å². The smallest absolute Gasteiger partial charge is 0.316 e. The summed E-state index contributed by atoms with van der Waals surface area (Å²) in [7, 11) is 1.34. The summed E-state index contributed by atoms with van der Waals surface area (Å²) in [6, 6.07) is 10.6. The van der Waals surface area contributed by atoms with Crippen molar-refractivity contribution in [1.29, 1.82) is 0 Å². The van der Waals surface area contributed by atoms with E-state index in [9.17, 15) is 4.79 Å². The minimum atomic E-state index is -0.538. The zero-order chi connectivity index (χ0) is 22.4. The molecule has 0 aliphatic heterocycles.